The highest BCUT2D eigenvalue weighted by atomic mass is 16.5. The minimum atomic E-state index is -0.752. The molecule has 2 aromatic rings. The lowest BCUT2D eigenvalue weighted by molar-refractivity contribution is -0.127. The number of fused-ring (bicyclic) bond motifs is 1. The van der Waals surface area contributed by atoms with Gasteiger partial charge in [0.15, 0.2) is 11.9 Å². The molecule has 2 aromatic carbocycles. The van der Waals surface area contributed by atoms with Gasteiger partial charge in [0, 0.05) is 23.2 Å². The van der Waals surface area contributed by atoms with Crippen molar-refractivity contribution in [3.05, 3.63) is 53.6 Å². The predicted octanol–water partition coefficient (Wildman–Crippen LogP) is 2.52. The molecular formula is C22H23N3O5. The summed E-state index contributed by atoms with van der Waals surface area (Å²) < 4.78 is 5.63. The molecule has 3 amide bonds. The molecule has 0 saturated heterocycles. The van der Waals surface area contributed by atoms with Gasteiger partial charge in [-0.1, -0.05) is 6.92 Å². The highest BCUT2D eigenvalue weighted by Gasteiger charge is 2.33. The summed E-state index contributed by atoms with van der Waals surface area (Å²) in [4.78, 5) is 50.0. The van der Waals surface area contributed by atoms with Gasteiger partial charge in [0.05, 0.1) is 5.69 Å². The molecule has 0 aliphatic carbocycles. The van der Waals surface area contributed by atoms with Gasteiger partial charge in [-0.15, -0.1) is 0 Å². The van der Waals surface area contributed by atoms with Crippen LogP contribution < -0.4 is 20.7 Å². The van der Waals surface area contributed by atoms with Crippen molar-refractivity contribution in [1.29, 1.82) is 0 Å². The topological polar surface area (TPSA) is 119 Å². The summed E-state index contributed by atoms with van der Waals surface area (Å²) in [5.41, 5.74) is 6.85. The number of nitrogens with zero attached hydrogens (tertiary/aromatic N) is 1. The second-order valence-corrected chi connectivity index (χ2v) is 7.03. The van der Waals surface area contributed by atoms with Crippen molar-refractivity contribution in [2.75, 3.05) is 16.8 Å². The number of hydrogen-bond donors (Lipinski definition) is 2. The first kappa shape index (κ1) is 21.0. The van der Waals surface area contributed by atoms with E-state index in [1.807, 2.05) is 6.92 Å². The number of nitrogens with two attached hydrogens (primary N) is 1. The second kappa shape index (κ2) is 8.77. The van der Waals surface area contributed by atoms with Crippen molar-refractivity contribution in [3.8, 4) is 5.75 Å². The van der Waals surface area contributed by atoms with Gasteiger partial charge in [-0.2, -0.15) is 0 Å². The first-order chi connectivity index (χ1) is 14.3. The Balaban J connectivity index is 1.81. The Bertz CT molecular complexity index is 1000. The summed E-state index contributed by atoms with van der Waals surface area (Å²) in [5.74, 6) is -0.966. The van der Waals surface area contributed by atoms with Crippen LogP contribution in [0.5, 0.6) is 5.75 Å². The molecule has 156 valence electrons. The fourth-order valence-corrected chi connectivity index (χ4v) is 3.18. The zero-order chi connectivity index (χ0) is 21.8. The van der Waals surface area contributed by atoms with Gasteiger partial charge >= 0.3 is 0 Å². The molecule has 30 heavy (non-hydrogen) atoms. The van der Waals surface area contributed by atoms with Crippen LogP contribution in [-0.4, -0.2) is 36.2 Å². The molecule has 8 nitrogen and oxygen atoms in total. The van der Waals surface area contributed by atoms with Crippen molar-refractivity contribution in [2.45, 2.75) is 32.8 Å². The molecule has 0 spiro atoms. The lowest BCUT2D eigenvalue weighted by Gasteiger charge is -2.32. The van der Waals surface area contributed by atoms with Crippen LogP contribution in [-0.2, 0) is 9.59 Å². The quantitative estimate of drug-likeness (QED) is 0.681. The normalized spacial score (nSPS) is 15.2. The van der Waals surface area contributed by atoms with Crippen molar-refractivity contribution in [3.63, 3.8) is 0 Å². The van der Waals surface area contributed by atoms with E-state index in [0.29, 0.717) is 41.1 Å². The van der Waals surface area contributed by atoms with Crippen LogP contribution >= 0.6 is 0 Å². The second-order valence-electron chi connectivity index (χ2n) is 7.03. The molecule has 0 saturated carbocycles. The maximum absolute atomic E-state index is 12.7. The molecule has 1 heterocycles. The Labute approximate surface area is 174 Å². The van der Waals surface area contributed by atoms with Crippen LogP contribution in [0.4, 0.5) is 11.4 Å². The number of rotatable bonds is 7. The van der Waals surface area contributed by atoms with Gasteiger partial charge in [-0.3, -0.25) is 24.1 Å². The number of carbonyl (C=O) groups is 4. The van der Waals surface area contributed by atoms with Gasteiger partial charge in [0.25, 0.3) is 5.91 Å². The number of anilines is 2. The van der Waals surface area contributed by atoms with E-state index in [9.17, 15) is 19.2 Å². The van der Waals surface area contributed by atoms with Crippen LogP contribution in [0.25, 0.3) is 0 Å². The van der Waals surface area contributed by atoms with E-state index in [1.165, 1.54) is 17.0 Å². The third-order valence-electron chi connectivity index (χ3n) is 4.72. The highest BCUT2D eigenvalue weighted by molar-refractivity contribution is 6.07. The van der Waals surface area contributed by atoms with Crippen LogP contribution in [0, 0.1) is 0 Å². The Morgan fingerprint density at radius 2 is 1.77 bits per heavy atom. The number of primary amides is 1. The molecule has 0 bridgehead atoms. The summed E-state index contributed by atoms with van der Waals surface area (Å²) >= 11 is 0. The largest absolute Gasteiger partial charge is 0.479 e. The molecule has 1 aliphatic rings. The Morgan fingerprint density at radius 3 is 2.40 bits per heavy atom. The number of benzene rings is 2. The standard InChI is InChI=1S/C22H23N3O5/c1-3-4-18(26)15-7-10-19-17(11-15)25(22(29)13(2)30-19)12-20(27)24-16-8-5-14(6-9-16)21(23)28/h5-11,13H,3-4,12H2,1-2H3,(H2,23,28)(H,24,27). The molecule has 8 heteroatoms. The molecule has 1 unspecified atom stereocenters. The van der Waals surface area contributed by atoms with E-state index in [0.717, 1.165) is 0 Å². The van der Waals surface area contributed by atoms with Crippen molar-refractivity contribution < 1.29 is 23.9 Å². The number of ketones is 1. The van der Waals surface area contributed by atoms with Crippen molar-refractivity contribution >= 4 is 34.9 Å². The average Bonchev–Trinajstić information content (AvgIpc) is 2.71. The van der Waals surface area contributed by atoms with Crippen molar-refractivity contribution in [1.82, 2.24) is 0 Å². The minimum Gasteiger partial charge on any atom is -0.479 e. The van der Waals surface area contributed by atoms with Gasteiger partial charge in [0.2, 0.25) is 11.8 Å². The van der Waals surface area contributed by atoms with Crippen LogP contribution in [0.2, 0.25) is 0 Å². The monoisotopic (exact) mass is 409 g/mol. The Morgan fingerprint density at radius 1 is 1.10 bits per heavy atom. The van der Waals surface area contributed by atoms with E-state index in [1.54, 1.807) is 37.3 Å². The zero-order valence-electron chi connectivity index (χ0n) is 16.8. The van der Waals surface area contributed by atoms with E-state index >= 15 is 0 Å². The lowest BCUT2D eigenvalue weighted by Crippen LogP contribution is -2.47. The van der Waals surface area contributed by atoms with E-state index < -0.39 is 17.9 Å². The summed E-state index contributed by atoms with van der Waals surface area (Å²) in [7, 11) is 0. The van der Waals surface area contributed by atoms with E-state index in [2.05, 4.69) is 5.32 Å². The van der Waals surface area contributed by atoms with Crippen LogP contribution in [0.1, 0.15) is 47.4 Å². The number of amides is 3. The average molecular weight is 409 g/mol. The van der Waals surface area contributed by atoms with Crippen LogP contribution in [0.15, 0.2) is 42.5 Å². The molecular weight excluding hydrogens is 386 g/mol. The van der Waals surface area contributed by atoms with Crippen molar-refractivity contribution in [2.24, 2.45) is 5.73 Å². The van der Waals surface area contributed by atoms with E-state index in [-0.39, 0.29) is 18.2 Å². The predicted molar refractivity (Wildman–Crippen MR) is 112 cm³/mol. The SMILES string of the molecule is CCCC(=O)c1ccc2c(c1)N(CC(=O)Nc1ccc(C(N)=O)cc1)C(=O)C(C)O2. The molecule has 0 aromatic heterocycles. The molecule has 1 aliphatic heterocycles. The zero-order valence-corrected chi connectivity index (χ0v) is 16.8. The number of ether oxygens (including phenoxy) is 1. The van der Waals surface area contributed by atoms with Gasteiger partial charge in [-0.05, 0) is 55.8 Å². The third-order valence-corrected chi connectivity index (χ3v) is 4.72. The summed E-state index contributed by atoms with van der Waals surface area (Å²) in [5, 5.41) is 2.69. The van der Waals surface area contributed by atoms with Crippen LogP contribution in [0.3, 0.4) is 0 Å². The molecule has 0 fully saturated rings. The highest BCUT2D eigenvalue weighted by Crippen LogP contribution is 2.35. The number of nitrogens with one attached hydrogen (secondary N) is 1. The first-order valence-corrected chi connectivity index (χ1v) is 9.65. The summed E-state index contributed by atoms with van der Waals surface area (Å²) in [6.45, 7) is 3.27. The maximum atomic E-state index is 12.7. The Kier molecular flexibility index (Phi) is 6.15. The first-order valence-electron chi connectivity index (χ1n) is 9.65. The maximum Gasteiger partial charge on any atom is 0.268 e. The number of Topliss-reactive ketones (excluding diaryl/α,β-unsaturated/α-hetero) is 1. The number of hydrogen-bond acceptors (Lipinski definition) is 5. The molecule has 3 rings (SSSR count). The lowest BCUT2D eigenvalue weighted by atomic mass is 10.0. The fourth-order valence-electron chi connectivity index (χ4n) is 3.18. The Hall–Kier alpha value is -3.68. The van der Waals surface area contributed by atoms with Gasteiger partial charge < -0.3 is 15.8 Å². The summed E-state index contributed by atoms with van der Waals surface area (Å²) in [6.07, 6.45) is 0.354. The van der Waals surface area contributed by atoms with E-state index in [4.69, 9.17) is 10.5 Å². The molecule has 1 atom stereocenters. The fraction of sp³-hybridized carbons (Fsp3) is 0.273. The minimum absolute atomic E-state index is 0.0367. The van der Waals surface area contributed by atoms with Gasteiger partial charge in [0.1, 0.15) is 12.3 Å². The summed E-state index contributed by atoms with van der Waals surface area (Å²) in [6, 6.07) is 11.0. The molecule has 0 radical (unpaired) electrons. The smallest absolute Gasteiger partial charge is 0.268 e. The third kappa shape index (κ3) is 4.48. The number of carbonyl (C=O) groups excluding carboxylic acids is 4. The molecule has 3 N–H and O–H groups in total. The van der Waals surface area contributed by atoms with Gasteiger partial charge in [-0.25, -0.2) is 0 Å².